The Hall–Kier alpha value is -2.32. The largest absolute Gasteiger partial charge is 1.00 e. The number of benzene rings is 1. The van der Waals surface area contributed by atoms with E-state index in [-0.39, 0.29) is 59.1 Å². The third kappa shape index (κ3) is 10.5. The first-order chi connectivity index (χ1) is 18.9. The number of halogens is 5. The number of thiazole rings is 1. The van der Waals surface area contributed by atoms with Crippen LogP contribution in [0.3, 0.4) is 0 Å². The van der Waals surface area contributed by atoms with Gasteiger partial charge in [-0.25, -0.2) is 14.7 Å². The van der Waals surface area contributed by atoms with Crippen LogP contribution in [0.4, 0.5) is 33.2 Å². The number of unbranched alkanes of at least 4 members (excludes halogenated alkanes) is 5. The van der Waals surface area contributed by atoms with Crippen molar-refractivity contribution in [2.45, 2.75) is 58.0 Å². The standard InChI is InChI=1S/C29H37F4N4O2S.HI/c1-5-6-7-8-9-10-12-21-14-15-23(19-24(21)29(31,32)33)36(28(38)39-18-17-37(2,3)4)27-35-25(26(30)40-27)22-13-11-16-34-20-22;/h11,13-16,19-20H,5-10,12,17-18H2,1-4H3;1H/q+1;/p-1. The third-order valence-corrected chi connectivity index (χ3v) is 7.16. The molecule has 12 heteroatoms. The van der Waals surface area contributed by atoms with Gasteiger partial charge in [0, 0.05) is 18.0 Å². The molecule has 3 rings (SSSR count). The van der Waals surface area contributed by atoms with E-state index in [9.17, 15) is 22.4 Å². The highest BCUT2D eigenvalue weighted by molar-refractivity contribution is 7.14. The van der Waals surface area contributed by atoms with Crippen LogP contribution in [-0.4, -0.2) is 54.8 Å². The van der Waals surface area contributed by atoms with E-state index >= 15 is 0 Å². The number of amides is 1. The van der Waals surface area contributed by atoms with E-state index in [1.807, 2.05) is 21.1 Å². The van der Waals surface area contributed by atoms with Crippen molar-refractivity contribution < 1.29 is 55.6 Å². The molecule has 0 fully saturated rings. The number of pyridine rings is 1. The smallest absolute Gasteiger partial charge is 0.421 e. The normalized spacial score (nSPS) is 11.7. The maximum absolute atomic E-state index is 15.0. The van der Waals surface area contributed by atoms with E-state index in [2.05, 4.69) is 16.9 Å². The zero-order chi connectivity index (χ0) is 29.3. The average molecular weight is 709 g/mol. The maximum atomic E-state index is 15.0. The van der Waals surface area contributed by atoms with Gasteiger partial charge >= 0.3 is 12.3 Å². The minimum absolute atomic E-state index is 0. The van der Waals surface area contributed by atoms with Crippen LogP contribution in [0.2, 0.25) is 0 Å². The number of ether oxygens (including phenoxy) is 1. The molecule has 1 amide bonds. The van der Waals surface area contributed by atoms with Gasteiger partial charge in [-0.1, -0.05) is 56.4 Å². The molecule has 0 N–H and O–H groups in total. The lowest BCUT2D eigenvalue weighted by Gasteiger charge is -2.25. The summed E-state index contributed by atoms with van der Waals surface area (Å²) in [5, 5.41) is -0.828. The molecule has 226 valence electrons. The molecule has 0 aliphatic carbocycles. The van der Waals surface area contributed by atoms with Crippen molar-refractivity contribution in [1.29, 1.82) is 0 Å². The van der Waals surface area contributed by atoms with Gasteiger partial charge in [-0.05, 0) is 42.7 Å². The first kappa shape index (κ1) is 34.9. The fourth-order valence-electron chi connectivity index (χ4n) is 4.11. The van der Waals surface area contributed by atoms with Crippen molar-refractivity contribution in [3.8, 4) is 11.3 Å². The van der Waals surface area contributed by atoms with Gasteiger partial charge in [0.15, 0.2) is 0 Å². The first-order valence-electron chi connectivity index (χ1n) is 13.4. The Morgan fingerprint density at radius 3 is 2.41 bits per heavy atom. The molecule has 1 aromatic carbocycles. The lowest BCUT2D eigenvalue weighted by atomic mass is 9.99. The van der Waals surface area contributed by atoms with Crippen LogP contribution >= 0.6 is 11.3 Å². The number of carbonyl (C=O) groups excluding carboxylic acids is 1. The predicted molar refractivity (Wildman–Crippen MR) is 150 cm³/mol. The molecule has 0 saturated carbocycles. The molecule has 2 aromatic heterocycles. The van der Waals surface area contributed by atoms with Crippen LogP contribution < -0.4 is 28.9 Å². The van der Waals surface area contributed by atoms with Gasteiger partial charge in [-0.2, -0.15) is 17.6 Å². The second kappa shape index (κ2) is 15.8. The zero-order valence-electron chi connectivity index (χ0n) is 23.8. The van der Waals surface area contributed by atoms with E-state index in [1.165, 1.54) is 24.5 Å². The number of hydrogen-bond donors (Lipinski definition) is 0. The van der Waals surface area contributed by atoms with Crippen LogP contribution in [-0.2, 0) is 17.3 Å². The Kier molecular flexibility index (Phi) is 13.4. The van der Waals surface area contributed by atoms with Gasteiger partial charge in [0.25, 0.3) is 0 Å². The quantitative estimate of drug-likeness (QED) is 0.106. The topological polar surface area (TPSA) is 55.3 Å². The van der Waals surface area contributed by atoms with E-state index < -0.39 is 23.0 Å². The Morgan fingerprint density at radius 1 is 1.07 bits per heavy atom. The highest BCUT2D eigenvalue weighted by Crippen LogP contribution is 2.40. The summed E-state index contributed by atoms with van der Waals surface area (Å²) < 4.78 is 63.5. The number of rotatable bonds is 13. The molecular weight excluding hydrogens is 671 g/mol. The molecule has 3 aromatic rings. The summed E-state index contributed by atoms with van der Waals surface area (Å²) in [4.78, 5) is 22.4. The summed E-state index contributed by atoms with van der Waals surface area (Å²) in [6, 6.07) is 6.98. The lowest BCUT2D eigenvalue weighted by Crippen LogP contribution is -3.00. The number of alkyl halides is 3. The van der Waals surface area contributed by atoms with Gasteiger partial charge in [-0.15, -0.1) is 0 Å². The number of aromatic nitrogens is 2. The van der Waals surface area contributed by atoms with Crippen LogP contribution in [0.25, 0.3) is 11.3 Å². The summed E-state index contributed by atoms with van der Waals surface area (Å²) in [6.07, 6.45) is 3.39. The molecule has 0 atom stereocenters. The van der Waals surface area contributed by atoms with Gasteiger partial charge in [-0.3, -0.25) is 4.98 Å². The number of nitrogens with zero attached hydrogens (tertiary/aromatic N) is 4. The second-order valence-electron chi connectivity index (χ2n) is 10.7. The van der Waals surface area contributed by atoms with Crippen LogP contribution in [0, 0.1) is 5.13 Å². The Bertz CT molecular complexity index is 1250. The number of quaternary nitrogens is 1. The molecule has 0 radical (unpaired) electrons. The Morgan fingerprint density at radius 2 is 1.78 bits per heavy atom. The molecule has 41 heavy (non-hydrogen) atoms. The van der Waals surface area contributed by atoms with Crippen LogP contribution in [0.5, 0.6) is 0 Å². The van der Waals surface area contributed by atoms with Crippen LogP contribution in [0.1, 0.15) is 56.6 Å². The molecule has 0 unspecified atom stereocenters. The third-order valence-electron chi connectivity index (χ3n) is 6.33. The highest BCUT2D eigenvalue weighted by Gasteiger charge is 2.35. The van der Waals surface area contributed by atoms with E-state index in [4.69, 9.17) is 4.74 Å². The van der Waals surface area contributed by atoms with E-state index in [0.717, 1.165) is 43.1 Å². The summed E-state index contributed by atoms with van der Waals surface area (Å²) in [5.74, 6) is 0. The molecule has 0 bridgehead atoms. The van der Waals surface area contributed by atoms with Gasteiger partial charge in [0.05, 0.1) is 32.4 Å². The second-order valence-corrected chi connectivity index (χ2v) is 11.6. The fraction of sp³-hybridized carbons (Fsp3) is 0.483. The Labute approximate surface area is 260 Å². The minimum Gasteiger partial charge on any atom is -1.00 e. The molecule has 2 heterocycles. The lowest BCUT2D eigenvalue weighted by molar-refractivity contribution is -0.870. The average Bonchev–Trinajstić information content (AvgIpc) is 3.26. The van der Waals surface area contributed by atoms with Gasteiger partial charge in [0.2, 0.25) is 10.3 Å². The van der Waals surface area contributed by atoms with Crippen molar-refractivity contribution in [2.24, 2.45) is 0 Å². The molecule has 0 aliphatic rings. The summed E-state index contributed by atoms with van der Waals surface area (Å²) in [5.41, 5.74) is -0.432. The van der Waals surface area contributed by atoms with Crippen LogP contribution in [0.15, 0.2) is 42.7 Å². The minimum atomic E-state index is -4.64. The molecule has 0 spiro atoms. The van der Waals surface area contributed by atoms with Gasteiger partial charge in [0.1, 0.15) is 18.8 Å². The predicted octanol–water partition coefficient (Wildman–Crippen LogP) is 5.25. The number of hydrogen-bond acceptors (Lipinski definition) is 5. The maximum Gasteiger partial charge on any atom is 0.421 e. The molecule has 0 aliphatic heterocycles. The van der Waals surface area contributed by atoms with Crippen molar-refractivity contribution in [3.63, 3.8) is 0 Å². The fourth-order valence-corrected chi connectivity index (χ4v) is 4.94. The van der Waals surface area contributed by atoms with Crippen molar-refractivity contribution >= 4 is 28.2 Å². The van der Waals surface area contributed by atoms with E-state index in [0.29, 0.717) is 34.3 Å². The highest BCUT2D eigenvalue weighted by atomic mass is 127. The summed E-state index contributed by atoms with van der Waals surface area (Å²) in [6.45, 7) is 2.60. The number of likely N-dealkylation sites (N-methyl/N-ethyl adjacent to an activating group) is 1. The zero-order valence-corrected chi connectivity index (χ0v) is 26.8. The number of carbonyl (C=O) groups is 1. The van der Waals surface area contributed by atoms with Crippen molar-refractivity contribution in [2.75, 3.05) is 39.2 Å². The monoisotopic (exact) mass is 708 g/mol. The SMILES string of the molecule is CCCCCCCCc1ccc(N(C(=O)OCC[N+](C)(C)C)c2nc(-c3cccnc3)c(F)s2)cc1C(F)(F)F.[I-]. The number of anilines is 2. The Balaban J connectivity index is 0.00000588. The van der Waals surface area contributed by atoms with Gasteiger partial charge < -0.3 is 33.2 Å². The summed E-state index contributed by atoms with van der Waals surface area (Å²) >= 11 is 0.555. The molecule has 0 saturated heterocycles. The van der Waals surface area contributed by atoms with Crippen molar-refractivity contribution in [1.82, 2.24) is 9.97 Å². The van der Waals surface area contributed by atoms with Crippen molar-refractivity contribution in [3.05, 3.63) is 59.0 Å². The molecular formula is C29H37F4IN4O2S. The summed E-state index contributed by atoms with van der Waals surface area (Å²) in [7, 11) is 5.75. The number of aryl methyl sites for hydroxylation is 1. The van der Waals surface area contributed by atoms with E-state index in [1.54, 1.807) is 12.1 Å². The molecule has 6 nitrogen and oxygen atoms in total. The first-order valence-corrected chi connectivity index (χ1v) is 14.3.